The van der Waals surface area contributed by atoms with Crippen LogP contribution < -0.4 is 20.4 Å². The van der Waals surface area contributed by atoms with E-state index in [-0.39, 0.29) is 36.0 Å². The van der Waals surface area contributed by atoms with E-state index in [0.29, 0.717) is 35.4 Å². The summed E-state index contributed by atoms with van der Waals surface area (Å²) in [6, 6.07) is 20.0. The molecule has 1 amide bonds. The van der Waals surface area contributed by atoms with E-state index in [9.17, 15) is 14.7 Å². The van der Waals surface area contributed by atoms with Crippen LogP contribution in [-0.4, -0.2) is 29.3 Å². The van der Waals surface area contributed by atoms with E-state index in [1.54, 1.807) is 42.5 Å². The zero-order valence-corrected chi connectivity index (χ0v) is 19.8. The van der Waals surface area contributed by atoms with Crippen molar-refractivity contribution in [3.63, 3.8) is 0 Å². The Morgan fingerprint density at radius 2 is 1.78 bits per heavy atom. The third-order valence-electron chi connectivity index (χ3n) is 6.75. The Balaban J connectivity index is 1.29. The van der Waals surface area contributed by atoms with Crippen LogP contribution in [0.4, 0.5) is 0 Å². The molecule has 0 aliphatic carbocycles. The first-order valence-corrected chi connectivity index (χ1v) is 12.0. The standard InChI is InChI=1S/C29H24N2O6/c32-26(30-12-11-18-15-31-22-7-3-1-5-19(18)22)14-21(17-9-10-24-25(13-17)36-16-35-24)27-28(33)20-6-2-4-8-23(20)37-29(27)34/h1-10,13,15,21,31,33H,11-12,14,16H2,(H,30,32)/t21-/m0/s1. The Labute approximate surface area is 211 Å². The van der Waals surface area contributed by atoms with E-state index in [2.05, 4.69) is 10.3 Å². The number of rotatable bonds is 7. The van der Waals surface area contributed by atoms with Crippen LogP contribution in [0.2, 0.25) is 0 Å². The number of aromatic hydroxyl groups is 1. The van der Waals surface area contributed by atoms with Crippen molar-refractivity contribution in [3.05, 3.63) is 100 Å². The van der Waals surface area contributed by atoms with Crippen LogP contribution in [0.1, 0.15) is 29.0 Å². The number of carbonyl (C=O) groups excluding carboxylic acids is 1. The molecule has 1 atom stereocenters. The highest BCUT2D eigenvalue weighted by molar-refractivity contribution is 5.85. The highest BCUT2D eigenvalue weighted by Gasteiger charge is 2.28. The van der Waals surface area contributed by atoms with Gasteiger partial charge >= 0.3 is 5.63 Å². The summed E-state index contributed by atoms with van der Waals surface area (Å²) in [5.74, 6) is -0.105. The van der Waals surface area contributed by atoms with Crippen molar-refractivity contribution in [2.24, 2.45) is 0 Å². The molecule has 3 N–H and O–H groups in total. The van der Waals surface area contributed by atoms with Gasteiger partial charge in [-0.2, -0.15) is 0 Å². The molecule has 0 fully saturated rings. The normalized spacial score (nSPS) is 13.2. The minimum atomic E-state index is -0.761. The summed E-state index contributed by atoms with van der Waals surface area (Å²) in [5, 5.41) is 15.6. The first-order chi connectivity index (χ1) is 18.1. The van der Waals surface area contributed by atoms with Crippen LogP contribution in [0.5, 0.6) is 17.2 Å². The third kappa shape index (κ3) is 4.27. The van der Waals surface area contributed by atoms with E-state index in [1.807, 2.05) is 30.5 Å². The largest absolute Gasteiger partial charge is 0.507 e. The van der Waals surface area contributed by atoms with Gasteiger partial charge in [0.2, 0.25) is 12.7 Å². The van der Waals surface area contributed by atoms with Crippen molar-refractivity contribution in [1.82, 2.24) is 10.3 Å². The molecule has 8 nitrogen and oxygen atoms in total. The lowest BCUT2D eigenvalue weighted by molar-refractivity contribution is -0.121. The zero-order valence-electron chi connectivity index (χ0n) is 19.8. The number of fused-ring (bicyclic) bond motifs is 3. The van der Waals surface area contributed by atoms with Crippen LogP contribution >= 0.6 is 0 Å². The number of aromatic nitrogens is 1. The second-order valence-electron chi connectivity index (χ2n) is 8.98. The average molecular weight is 497 g/mol. The number of amides is 1. The first kappa shape index (κ1) is 22.7. The van der Waals surface area contributed by atoms with Gasteiger partial charge in [-0.15, -0.1) is 0 Å². The van der Waals surface area contributed by atoms with Gasteiger partial charge in [0.25, 0.3) is 0 Å². The lowest BCUT2D eigenvalue weighted by Crippen LogP contribution is -2.28. The fraction of sp³-hybridized carbons (Fsp3) is 0.172. The molecule has 3 heterocycles. The van der Waals surface area contributed by atoms with E-state index < -0.39 is 11.5 Å². The van der Waals surface area contributed by atoms with Crippen molar-refractivity contribution in [2.45, 2.75) is 18.8 Å². The molecule has 0 unspecified atom stereocenters. The molecular formula is C29H24N2O6. The van der Waals surface area contributed by atoms with Gasteiger partial charge in [0.15, 0.2) is 11.5 Å². The number of hydrogen-bond donors (Lipinski definition) is 3. The molecule has 37 heavy (non-hydrogen) atoms. The molecule has 6 rings (SSSR count). The summed E-state index contributed by atoms with van der Waals surface area (Å²) >= 11 is 0. The summed E-state index contributed by atoms with van der Waals surface area (Å²) < 4.78 is 16.4. The maximum atomic E-state index is 13.1. The van der Waals surface area contributed by atoms with Crippen molar-refractivity contribution in [2.75, 3.05) is 13.3 Å². The number of para-hydroxylation sites is 2. The van der Waals surface area contributed by atoms with Crippen LogP contribution in [-0.2, 0) is 11.2 Å². The second kappa shape index (κ2) is 9.39. The molecule has 2 aromatic heterocycles. The molecule has 0 spiro atoms. The minimum Gasteiger partial charge on any atom is -0.507 e. The van der Waals surface area contributed by atoms with Gasteiger partial charge < -0.3 is 29.3 Å². The Morgan fingerprint density at radius 3 is 2.68 bits per heavy atom. The Kier molecular flexibility index (Phi) is 5.76. The van der Waals surface area contributed by atoms with Gasteiger partial charge in [-0.1, -0.05) is 36.4 Å². The zero-order chi connectivity index (χ0) is 25.4. The third-order valence-corrected chi connectivity index (χ3v) is 6.75. The molecule has 1 aliphatic rings. The van der Waals surface area contributed by atoms with Gasteiger partial charge in [0, 0.05) is 36.0 Å². The quantitative estimate of drug-likeness (QED) is 0.284. The average Bonchev–Trinajstić information content (AvgIpc) is 3.55. The summed E-state index contributed by atoms with van der Waals surface area (Å²) in [4.78, 5) is 29.4. The molecule has 0 radical (unpaired) electrons. The van der Waals surface area contributed by atoms with Gasteiger partial charge in [-0.3, -0.25) is 4.79 Å². The molecule has 5 aromatic rings. The molecule has 0 bridgehead atoms. The van der Waals surface area contributed by atoms with E-state index in [0.717, 1.165) is 16.5 Å². The Hall–Kier alpha value is -4.72. The Bertz CT molecular complexity index is 1690. The molecule has 1 aliphatic heterocycles. The fourth-order valence-electron chi connectivity index (χ4n) is 4.90. The predicted molar refractivity (Wildman–Crippen MR) is 138 cm³/mol. The lowest BCUT2D eigenvalue weighted by Gasteiger charge is -2.19. The molecule has 0 saturated heterocycles. The first-order valence-electron chi connectivity index (χ1n) is 12.0. The van der Waals surface area contributed by atoms with Crippen LogP contribution in [0.25, 0.3) is 21.9 Å². The van der Waals surface area contributed by atoms with Gasteiger partial charge in [-0.05, 0) is 47.9 Å². The second-order valence-corrected chi connectivity index (χ2v) is 8.98. The molecule has 0 saturated carbocycles. The summed E-state index contributed by atoms with van der Waals surface area (Å²) in [6.07, 6.45) is 2.53. The van der Waals surface area contributed by atoms with E-state index >= 15 is 0 Å². The number of H-pyrrole nitrogens is 1. The lowest BCUT2D eigenvalue weighted by atomic mass is 9.87. The van der Waals surface area contributed by atoms with Gasteiger partial charge in [0.1, 0.15) is 11.3 Å². The topological polar surface area (TPSA) is 114 Å². The number of hydrogen-bond acceptors (Lipinski definition) is 6. The fourth-order valence-corrected chi connectivity index (χ4v) is 4.90. The molecule has 8 heteroatoms. The molecular weight excluding hydrogens is 472 g/mol. The molecule has 186 valence electrons. The SMILES string of the molecule is O=C(C[C@@H](c1ccc2c(c1)OCO2)c1c(O)c2ccccc2oc1=O)NCCc1c[nH]c2ccccc12. The monoisotopic (exact) mass is 496 g/mol. The summed E-state index contributed by atoms with van der Waals surface area (Å²) in [5.41, 5.74) is 2.41. The minimum absolute atomic E-state index is 0.0318. The smallest absolute Gasteiger partial charge is 0.343 e. The van der Waals surface area contributed by atoms with Crippen molar-refractivity contribution in [1.29, 1.82) is 0 Å². The number of carbonyl (C=O) groups is 1. The molecule has 3 aromatic carbocycles. The van der Waals surface area contributed by atoms with Crippen molar-refractivity contribution < 1.29 is 23.8 Å². The number of nitrogens with one attached hydrogen (secondary N) is 2. The summed E-state index contributed by atoms with van der Waals surface area (Å²) in [7, 11) is 0. The maximum Gasteiger partial charge on any atom is 0.343 e. The van der Waals surface area contributed by atoms with E-state index in [1.165, 1.54) is 0 Å². The maximum absolute atomic E-state index is 13.1. The number of aromatic amines is 1. The highest BCUT2D eigenvalue weighted by Crippen LogP contribution is 2.40. The van der Waals surface area contributed by atoms with Crippen molar-refractivity contribution >= 4 is 27.8 Å². The van der Waals surface area contributed by atoms with Crippen LogP contribution in [0, 0.1) is 0 Å². The number of ether oxygens (including phenoxy) is 2. The van der Waals surface area contributed by atoms with Gasteiger partial charge in [0.05, 0.1) is 10.9 Å². The predicted octanol–water partition coefficient (Wildman–Crippen LogP) is 4.59. The number of benzene rings is 3. The summed E-state index contributed by atoms with van der Waals surface area (Å²) in [6.45, 7) is 0.522. The Morgan fingerprint density at radius 1 is 1.00 bits per heavy atom. The van der Waals surface area contributed by atoms with Crippen LogP contribution in [0.15, 0.2) is 82.1 Å². The van der Waals surface area contributed by atoms with Crippen molar-refractivity contribution in [3.8, 4) is 17.2 Å². The van der Waals surface area contributed by atoms with Crippen LogP contribution in [0.3, 0.4) is 0 Å². The highest BCUT2D eigenvalue weighted by atomic mass is 16.7. The van der Waals surface area contributed by atoms with E-state index in [4.69, 9.17) is 13.9 Å². The van der Waals surface area contributed by atoms with Gasteiger partial charge in [-0.25, -0.2) is 4.79 Å².